The quantitative estimate of drug-likeness (QED) is 0.837. The van der Waals surface area contributed by atoms with E-state index in [2.05, 4.69) is 69.2 Å². The van der Waals surface area contributed by atoms with Crippen LogP contribution in [0.1, 0.15) is 40.2 Å². The maximum atomic E-state index is 5.58. The SMILES string of the molecule is COc1cc2c(cc1C)C[C@@H](N(C)C)C[C@@H]2c1cccc(C)c1. The van der Waals surface area contributed by atoms with Gasteiger partial charge in [-0.15, -0.1) is 0 Å². The molecule has 1 aliphatic carbocycles. The number of hydrogen-bond donors (Lipinski definition) is 0. The number of ether oxygens (including phenoxy) is 1. The molecule has 2 aromatic rings. The minimum absolute atomic E-state index is 0.445. The van der Waals surface area contributed by atoms with Gasteiger partial charge in [-0.25, -0.2) is 0 Å². The van der Waals surface area contributed by atoms with Crippen LogP contribution in [-0.2, 0) is 6.42 Å². The summed E-state index contributed by atoms with van der Waals surface area (Å²) in [7, 11) is 6.15. The summed E-state index contributed by atoms with van der Waals surface area (Å²) in [5.41, 5.74) is 6.89. The molecule has 0 spiro atoms. The predicted octanol–water partition coefficient (Wildman–Crippen LogP) is 4.32. The second-order valence-electron chi connectivity index (χ2n) is 7.04. The van der Waals surface area contributed by atoms with Gasteiger partial charge < -0.3 is 9.64 Å². The molecule has 0 heterocycles. The normalized spacial score (nSPS) is 20.4. The van der Waals surface area contributed by atoms with Crippen LogP contribution in [0, 0.1) is 13.8 Å². The molecule has 0 saturated heterocycles. The van der Waals surface area contributed by atoms with E-state index < -0.39 is 0 Å². The van der Waals surface area contributed by atoms with Crippen LogP contribution in [0.4, 0.5) is 0 Å². The van der Waals surface area contributed by atoms with E-state index >= 15 is 0 Å². The first-order valence-electron chi connectivity index (χ1n) is 8.40. The zero-order valence-electron chi connectivity index (χ0n) is 14.9. The van der Waals surface area contributed by atoms with Gasteiger partial charge in [-0.3, -0.25) is 0 Å². The Morgan fingerprint density at radius 3 is 2.52 bits per heavy atom. The van der Waals surface area contributed by atoms with Crippen LogP contribution < -0.4 is 4.74 Å². The molecule has 0 radical (unpaired) electrons. The van der Waals surface area contributed by atoms with Crippen LogP contribution in [0.2, 0.25) is 0 Å². The molecule has 0 amide bonds. The standard InChI is InChI=1S/C21H27NO/c1-14-7-6-8-16(9-14)19-12-18(22(3)4)11-17-10-15(2)21(23-5)13-20(17)19/h6-10,13,18-19H,11-12H2,1-5H3/t18-,19-/m1/s1. The molecule has 0 aliphatic heterocycles. The third-order valence-corrected chi connectivity index (χ3v) is 5.17. The Morgan fingerprint density at radius 2 is 1.87 bits per heavy atom. The molecule has 2 aromatic carbocycles. The molecule has 2 nitrogen and oxygen atoms in total. The molecule has 3 rings (SSSR count). The van der Waals surface area contributed by atoms with Gasteiger partial charge in [-0.1, -0.05) is 35.9 Å². The number of methoxy groups -OCH3 is 1. The van der Waals surface area contributed by atoms with Crippen LogP contribution in [0.5, 0.6) is 5.75 Å². The van der Waals surface area contributed by atoms with Crippen LogP contribution in [-0.4, -0.2) is 32.1 Å². The number of hydrogen-bond acceptors (Lipinski definition) is 2. The predicted molar refractivity (Wildman–Crippen MR) is 96.5 cm³/mol. The molecule has 0 aromatic heterocycles. The molecule has 0 fully saturated rings. The van der Waals surface area contributed by atoms with E-state index in [9.17, 15) is 0 Å². The maximum Gasteiger partial charge on any atom is 0.122 e. The topological polar surface area (TPSA) is 12.5 Å². The maximum absolute atomic E-state index is 5.58. The summed E-state index contributed by atoms with van der Waals surface area (Å²) in [6.45, 7) is 4.31. The molecule has 1 aliphatic rings. The van der Waals surface area contributed by atoms with Gasteiger partial charge in [0.2, 0.25) is 0 Å². The van der Waals surface area contributed by atoms with Gasteiger partial charge in [0.15, 0.2) is 0 Å². The highest BCUT2D eigenvalue weighted by Crippen LogP contribution is 2.40. The summed E-state index contributed by atoms with van der Waals surface area (Å²) in [5, 5.41) is 0. The molecule has 0 N–H and O–H groups in total. The monoisotopic (exact) mass is 309 g/mol. The summed E-state index contributed by atoms with van der Waals surface area (Å²) in [6.07, 6.45) is 2.28. The van der Waals surface area contributed by atoms with Gasteiger partial charge in [0, 0.05) is 12.0 Å². The molecular formula is C21H27NO. The summed E-state index contributed by atoms with van der Waals surface area (Å²) in [4.78, 5) is 2.37. The fourth-order valence-corrected chi connectivity index (χ4v) is 3.82. The third kappa shape index (κ3) is 3.13. The number of nitrogens with zero attached hydrogens (tertiary/aromatic N) is 1. The molecule has 23 heavy (non-hydrogen) atoms. The van der Waals surface area contributed by atoms with E-state index in [-0.39, 0.29) is 0 Å². The van der Waals surface area contributed by atoms with Crippen molar-refractivity contribution in [1.82, 2.24) is 4.90 Å². The van der Waals surface area contributed by atoms with Crippen molar-refractivity contribution in [1.29, 1.82) is 0 Å². The molecule has 122 valence electrons. The first-order chi connectivity index (χ1) is 11.0. The molecule has 0 bridgehead atoms. The summed E-state index contributed by atoms with van der Waals surface area (Å²) < 4.78 is 5.58. The van der Waals surface area contributed by atoms with Crippen molar-refractivity contribution in [3.63, 3.8) is 0 Å². The largest absolute Gasteiger partial charge is 0.496 e. The lowest BCUT2D eigenvalue weighted by atomic mass is 9.75. The highest BCUT2D eigenvalue weighted by Gasteiger charge is 2.30. The van der Waals surface area contributed by atoms with Crippen molar-refractivity contribution in [3.05, 3.63) is 64.2 Å². The van der Waals surface area contributed by atoms with Crippen LogP contribution in [0.3, 0.4) is 0 Å². The van der Waals surface area contributed by atoms with E-state index in [1.54, 1.807) is 7.11 Å². The lowest BCUT2D eigenvalue weighted by molar-refractivity contribution is 0.258. The van der Waals surface area contributed by atoms with E-state index in [4.69, 9.17) is 4.74 Å². The Hall–Kier alpha value is -1.80. The summed E-state index contributed by atoms with van der Waals surface area (Å²) in [5.74, 6) is 1.45. The Morgan fingerprint density at radius 1 is 1.09 bits per heavy atom. The van der Waals surface area contributed by atoms with Crippen LogP contribution >= 0.6 is 0 Å². The molecule has 2 heteroatoms. The molecule has 0 saturated carbocycles. The van der Waals surface area contributed by atoms with Gasteiger partial charge in [0.1, 0.15) is 5.75 Å². The number of benzene rings is 2. The summed E-state index contributed by atoms with van der Waals surface area (Å²) in [6, 6.07) is 14.1. The molecular weight excluding hydrogens is 282 g/mol. The second kappa shape index (κ2) is 6.37. The smallest absolute Gasteiger partial charge is 0.122 e. The van der Waals surface area contributed by atoms with E-state index in [1.165, 1.54) is 27.8 Å². The number of fused-ring (bicyclic) bond motifs is 1. The first kappa shape index (κ1) is 16.1. The molecule has 2 atom stereocenters. The average Bonchev–Trinajstić information content (AvgIpc) is 2.52. The zero-order valence-corrected chi connectivity index (χ0v) is 14.9. The van der Waals surface area contributed by atoms with Gasteiger partial charge in [-0.05, 0) is 69.1 Å². The van der Waals surface area contributed by atoms with Gasteiger partial charge in [-0.2, -0.15) is 0 Å². The van der Waals surface area contributed by atoms with Gasteiger partial charge >= 0.3 is 0 Å². The Labute approximate surface area is 140 Å². The lowest BCUT2D eigenvalue weighted by Crippen LogP contribution is -2.35. The van der Waals surface area contributed by atoms with Crippen molar-refractivity contribution in [2.75, 3.05) is 21.2 Å². The number of aryl methyl sites for hydroxylation is 2. The number of likely N-dealkylation sites (N-methyl/N-ethyl adjacent to an activating group) is 1. The van der Waals surface area contributed by atoms with Crippen molar-refractivity contribution in [2.24, 2.45) is 0 Å². The van der Waals surface area contributed by atoms with Gasteiger partial charge in [0.25, 0.3) is 0 Å². The Bertz CT molecular complexity index is 705. The first-order valence-corrected chi connectivity index (χ1v) is 8.40. The van der Waals surface area contributed by atoms with E-state index in [1.807, 2.05) is 0 Å². The number of rotatable bonds is 3. The second-order valence-corrected chi connectivity index (χ2v) is 7.04. The lowest BCUT2D eigenvalue weighted by Gasteiger charge is -2.36. The van der Waals surface area contributed by atoms with Gasteiger partial charge in [0.05, 0.1) is 7.11 Å². The highest BCUT2D eigenvalue weighted by molar-refractivity contribution is 5.49. The minimum atomic E-state index is 0.445. The third-order valence-electron chi connectivity index (χ3n) is 5.17. The summed E-state index contributed by atoms with van der Waals surface area (Å²) >= 11 is 0. The van der Waals surface area contributed by atoms with Crippen LogP contribution in [0.15, 0.2) is 36.4 Å². The van der Waals surface area contributed by atoms with E-state index in [0.29, 0.717) is 12.0 Å². The minimum Gasteiger partial charge on any atom is -0.496 e. The molecule has 0 unspecified atom stereocenters. The van der Waals surface area contributed by atoms with Crippen LogP contribution in [0.25, 0.3) is 0 Å². The van der Waals surface area contributed by atoms with Crippen molar-refractivity contribution in [3.8, 4) is 5.75 Å². The fraction of sp³-hybridized carbons (Fsp3) is 0.429. The van der Waals surface area contributed by atoms with Crippen molar-refractivity contribution < 1.29 is 4.74 Å². The van der Waals surface area contributed by atoms with E-state index in [0.717, 1.165) is 18.6 Å². The highest BCUT2D eigenvalue weighted by atomic mass is 16.5. The van der Waals surface area contributed by atoms with Crippen molar-refractivity contribution in [2.45, 2.75) is 38.6 Å². The fourth-order valence-electron chi connectivity index (χ4n) is 3.82. The Balaban J connectivity index is 2.12. The Kier molecular flexibility index (Phi) is 4.45. The zero-order chi connectivity index (χ0) is 16.6. The van der Waals surface area contributed by atoms with Crippen molar-refractivity contribution >= 4 is 0 Å². The average molecular weight is 309 g/mol.